The Labute approximate surface area is 245 Å². The zero-order valence-electron chi connectivity index (χ0n) is 24.1. The number of benzene rings is 3. The van der Waals surface area contributed by atoms with Crippen molar-refractivity contribution in [2.45, 2.75) is 51.2 Å². The number of alkyl carbamates (subject to hydrolysis) is 2. The van der Waals surface area contributed by atoms with Gasteiger partial charge in [0.1, 0.15) is 18.2 Å². The van der Waals surface area contributed by atoms with E-state index < -0.39 is 41.4 Å². The lowest BCUT2D eigenvalue weighted by atomic mass is 9.91. The molecule has 1 unspecified atom stereocenters. The molecule has 4 rings (SSSR count). The highest BCUT2D eigenvalue weighted by Crippen LogP contribution is 2.44. The largest absolute Gasteiger partial charge is 0.449 e. The number of ketones is 1. The van der Waals surface area contributed by atoms with Gasteiger partial charge in [-0.2, -0.15) is 0 Å². The topological polar surface area (TPSA) is 137 Å². The molecule has 9 heteroatoms. The lowest BCUT2D eigenvalue weighted by molar-refractivity contribution is -0.128. The van der Waals surface area contributed by atoms with Gasteiger partial charge < -0.3 is 25.8 Å². The summed E-state index contributed by atoms with van der Waals surface area (Å²) in [6.07, 6.45) is -1.53. The summed E-state index contributed by atoms with van der Waals surface area (Å²) in [6, 6.07) is 24.0. The lowest BCUT2D eigenvalue weighted by Crippen LogP contribution is -2.50. The van der Waals surface area contributed by atoms with Crippen LogP contribution in [0.1, 0.15) is 49.8 Å². The lowest BCUT2D eigenvalue weighted by Gasteiger charge is -2.23. The zero-order valence-corrected chi connectivity index (χ0v) is 24.1. The molecule has 3 aromatic rings. The fraction of sp³-hybridized carbons (Fsp3) is 0.333. The Morgan fingerprint density at radius 1 is 0.833 bits per heavy atom. The number of ether oxygens (including phenoxy) is 2. The van der Waals surface area contributed by atoms with Crippen LogP contribution < -0.4 is 16.4 Å². The van der Waals surface area contributed by atoms with Crippen LogP contribution in [0.25, 0.3) is 11.1 Å². The molecule has 0 heterocycles. The van der Waals surface area contributed by atoms with Crippen LogP contribution in [-0.4, -0.2) is 48.7 Å². The maximum Gasteiger partial charge on any atom is 0.407 e. The molecule has 4 N–H and O–H groups in total. The SMILES string of the molecule is CC(C)(C)OC(=O)NC[C@H](NC(=O)OCC1c2ccccc2-c2ccccc21)C(=O)CC(Cc1ccccc1)C(N)=O. The van der Waals surface area contributed by atoms with E-state index in [1.54, 1.807) is 20.8 Å². The number of nitrogens with two attached hydrogens (primary N) is 1. The van der Waals surface area contributed by atoms with Gasteiger partial charge in [0.25, 0.3) is 0 Å². The summed E-state index contributed by atoms with van der Waals surface area (Å²) in [6.45, 7) is 4.94. The molecule has 3 aromatic carbocycles. The smallest absolute Gasteiger partial charge is 0.407 e. The highest BCUT2D eigenvalue weighted by Gasteiger charge is 2.31. The van der Waals surface area contributed by atoms with E-state index in [4.69, 9.17) is 15.2 Å². The number of fused-ring (bicyclic) bond motifs is 3. The summed E-state index contributed by atoms with van der Waals surface area (Å²) in [7, 11) is 0. The normalized spacial score (nSPS) is 13.7. The van der Waals surface area contributed by atoms with Crippen molar-refractivity contribution in [1.82, 2.24) is 10.6 Å². The van der Waals surface area contributed by atoms with Crippen LogP contribution in [0.4, 0.5) is 9.59 Å². The van der Waals surface area contributed by atoms with E-state index in [2.05, 4.69) is 10.6 Å². The van der Waals surface area contributed by atoms with E-state index in [9.17, 15) is 19.2 Å². The number of carbonyl (C=O) groups excluding carboxylic acids is 4. The second-order valence-corrected chi connectivity index (χ2v) is 11.4. The van der Waals surface area contributed by atoms with Crippen molar-refractivity contribution in [2.24, 2.45) is 11.7 Å². The average molecular weight is 572 g/mol. The molecule has 1 aliphatic rings. The van der Waals surface area contributed by atoms with Crippen molar-refractivity contribution in [3.8, 4) is 11.1 Å². The Hall–Kier alpha value is -4.66. The quantitative estimate of drug-likeness (QED) is 0.305. The number of carbonyl (C=O) groups is 4. The van der Waals surface area contributed by atoms with Crippen LogP contribution in [0.15, 0.2) is 78.9 Å². The van der Waals surface area contributed by atoms with Crippen LogP contribution in [0, 0.1) is 5.92 Å². The van der Waals surface area contributed by atoms with Gasteiger partial charge in [0, 0.05) is 24.8 Å². The molecule has 0 saturated heterocycles. The minimum Gasteiger partial charge on any atom is -0.449 e. The summed E-state index contributed by atoms with van der Waals surface area (Å²) in [4.78, 5) is 50.9. The number of amides is 3. The fourth-order valence-corrected chi connectivity index (χ4v) is 5.08. The summed E-state index contributed by atoms with van der Waals surface area (Å²) >= 11 is 0. The third-order valence-electron chi connectivity index (χ3n) is 7.05. The number of primary amides is 1. The van der Waals surface area contributed by atoms with Crippen LogP contribution >= 0.6 is 0 Å². The van der Waals surface area contributed by atoms with Crippen LogP contribution in [0.3, 0.4) is 0 Å². The minimum atomic E-state index is -1.18. The first-order chi connectivity index (χ1) is 20.0. The summed E-state index contributed by atoms with van der Waals surface area (Å²) in [5, 5.41) is 5.11. The molecule has 0 saturated carbocycles. The maximum atomic E-state index is 13.4. The fourth-order valence-electron chi connectivity index (χ4n) is 5.08. The monoisotopic (exact) mass is 571 g/mol. The van der Waals surface area contributed by atoms with Gasteiger partial charge in [-0.25, -0.2) is 9.59 Å². The number of hydrogen-bond acceptors (Lipinski definition) is 6. The van der Waals surface area contributed by atoms with E-state index in [1.807, 2.05) is 78.9 Å². The van der Waals surface area contributed by atoms with E-state index in [-0.39, 0.29) is 31.9 Å². The van der Waals surface area contributed by atoms with Gasteiger partial charge in [-0.15, -0.1) is 0 Å². The predicted molar refractivity (Wildman–Crippen MR) is 159 cm³/mol. The summed E-state index contributed by atoms with van der Waals surface area (Å²) < 4.78 is 10.9. The third kappa shape index (κ3) is 7.96. The van der Waals surface area contributed by atoms with E-state index in [1.165, 1.54) is 0 Å². The van der Waals surface area contributed by atoms with Crippen molar-refractivity contribution in [3.05, 3.63) is 95.6 Å². The molecule has 0 fully saturated rings. The predicted octanol–water partition coefficient (Wildman–Crippen LogP) is 4.72. The standard InChI is InChI=1S/C33H37N3O6/c1-33(2,3)42-31(39)35-19-28(29(37)18-22(30(34)38)17-21-11-5-4-6-12-21)36-32(40)41-20-27-25-15-9-7-13-23(25)24-14-8-10-16-26(24)27/h4-16,22,27-28H,17-20H2,1-3H3,(H2,34,38)(H,35,39)(H,36,40)/t22?,28-/m0/s1. The van der Waals surface area contributed by atoms with Gasteiger partial charge in [0.15, 0.2) is 5.78 Å². The second kappa shape index (κ2) is 13.3. The van der Waals surface area contributed by atoms with Gasteiger partial charge in [0.2, 0.25) is 5.91 Å². The molecule has 220 valence electrons. The average Bonchev–Trinajstić information content (AvgIpc) is 3.27. The Morgan fingerprint density at radius 2 is 1.40 bits per heavy atom. The highest BCUT2D eigenvalue weighted by molar-refractivity contribution is 5.92. The van der Waals surface area contributed by atoms with Crippen molar-refractivity contribution in [1.29, 1.82) is 0 Å². The van der Waals surface area contributed by atoms with Crippen molar-refractivity contribution >= 4 is 23.9 Å². The Balaban J connectivity index is 1.44. The van der Waals surface area contributed by atoms with Gasteiger partial charge in [-0.05, 0) is 55.0 Å². The molecule has 2 atom stereocenters. The van der Waals surface area contributed by atoms with E-state index in [0.717, 1.165) is 27.8 Å². The molecule has 0 bridgehead atoms. The minimum absolute atomic E-state index is 0.0538. The molecule has 0 spiro atoms. The van der Waals surface area contributed by atoms with Crippen LogP contribution in [-0.2, 0) is 25.5 Å². The molecule has 3 amide bonds. The van der Waals surface area contributed by atoms with Crippen LogP contribution in [0.5, 0.6) is 0 Å². The molecule has 9 nitrogen and oxygen atoms in total. The van der Waals surface area contributed by atoms with Gasteiger partial charge >= 0.3 is 12.2 Å². The van der Waals surface area contributed by atoms with Crippen molar-refractivity contribution < 1.29 is 28.7 Å². The first-order valence-electron chi connectivity index (χ1n) is 14.0. The molecule has 0 radical (unpaired) electrons. The zero-order chi connectivity index (χ0) is 30.3. The number of nitrogens with one attached hydrogen (secondary N) is 2. The molecule has 0 aromatic heterocycles. The van der Waals surface area contributed by atoms with Crippen molar-refractivity contribution in [3.63, 3.8) is 0 Å². The summed E-state index contributed by atoms with van der Waals surface area (Å²) in [5.74, 6) is -2.07. The third-order valence-corrected chi connectivity index (χ3v) is 7.05. The Kier molecular flexibility index (Phi) is 9.62. The van der Waals surface area contributed by atoms with Gasteiger partial charge in [-0.1, -0.05) is 78.9 Å². The summed E-state index contributed by atoms with van der Waals surface area (Å²) in [5.41, 5.74) is 10.0. The Bertz CT molecular complexity index is 1390. The number of hydrogen-bond donors (Lipinski definition) is 3. The maximum absolute atomic E-state index is 13.4. The molecule has 42 heavy (non-hydrogen) atoms. The highest BCUT2D eigenvalue weighted by atomic mass is 16.6. The first-order valence-corrected chi connectivity index (χ1v) is 14.0. The van der Waals surface area contributed by atoms with Crippen LogP contribution in [0.2, 0.25) is 0 Å². The molecular formula is C33H37N3O6. The van der Waals surface area contributed by atoms with E-state index >= 15 is 0 Å². The first kappa shape index (κ1) is 30.3. The molecule has 1 aliphatic carbocycles. The number of Topliss-reactive ketones (excluding diaryl/α,β-unsaturated/α-hetero) is 1. The molecular weight excluding hydrogens is 534 g/mol. The van der Waals surface area contributed by atoms with Gasteiger partial charge in [-0.3, -0.25) is 9.59 Å². The van der Waals surface area contributed by atoms with Crippen molar-refractivity contribution in [2.75, 3.05) is 13.2 Å². The number of rotatable bonds is 11. The Morgan fingerprint density at radius 3 is 1.98 bits per heavy atom. The van der Waals surface area contributed by atoms with Gasteiger partial charge in [0.05, 0.1) is 0 Å². The molecule has 0 aliphatic heterocycles. The van der Waals surface area contributed by atoms with E-state index in [0.29, 0.717) is 0 Å². The second-order valence-electron chi connectivity index (χ2n) is 11.4.